The number of primary amides is 1. The van der Waals surface area contributed by atoms with E-state index in [0.717, 1.165) is 11.3 Å². The minimum Gasteiger partial charge on any atom is -0.470 e. The number of hydrogen-bond donors (Lipinski definition) is 2. The van der Waals surface area contributed by atoms with Crippen LogP contribution in [-0.4, -0.2) is 26.6 Å². The molecule has 0 aliphatic carbocycles. The quantitative estimate of drug-likeness (QED) is 0.386. The Morgan fingerprint density at radius 3 is 2.76 bits per heavy atom. The minimum absolute atomic E-state index is 0.00116. The Bertz CT molecular complexity index is 1370. The van der Waals surface area contributed by atoms with Crippen molar-refractivity contribution in [3.63, 3.8) is 0 Å². The maximum absolute atomic E-state index is 13.2. The minimum atomic E-state index is -2.78. The predicted molar refractivity (Wildman–Crippen MR) is 120 cm³/mol. The van der Waals surface area contributed by atoms with E-state index in [-0.39, 0.29) is 27.8 Å². The van der Waals surface area contributed by atoms with Crippen LogP contribution in [0.1, 0.15) is 37.8 Å². The monoisotopic (exact) mass is 491 g/mol. The van der Waals surface area contributed by atoms with Crippen molar-refractivity contribution < 1.29 is 23.1 Å². The van der Waals surface area contributed by atoms with Gasteiger partial charge in [-0.2, -0.15) is 5.10 Å². The SMILES string of the molecule is Cc1cc(C(F)F)nc2sc(C(N)=O)c(NC(=O)c3ccnn3COc3ccccc3Cl)c12. The number of benzene rings is 1. The number of thiophene rings is 1. The van der Waals surface area contributed by atoms with Gasteiger partial charge in [-0.05, 0) is 36.8 Å². The second kappa shape index (κ2) is 9.12. The van der Waals surface area contributed by atoms with Crippen molar-refractivity contribution in [2.45, 2.75) is 20.1 Å². The smallest absolute Gasteiger partial charge is 0.280 e. The third kappa shape index (κ3) is 4.50. The van der Waals surface area contributed by atoms with Gasteiger partial charge in [0, 0.05) is 11.6 Å². The Labute approximate surface area is 194 Å². The first-order valence-electron chi connectivity index (χ1n) is 9.48. The molecule has 0 unspecified atom stereocenters. The van der Waals surface area contributed by atoms with Gasteiger partial charge < -0.3 is 15.8 Å². The Hall–Kier alpha value is -3.57. The maximum atomic E-state index is 13.2. The molecule has 0 saturated carbocycles. The third-order valence-electron chi connectivity index (χ3n) is 4.69. The molecule has 3 heterocycles. The van der Waals surface area contributed by atoms with Crippen LogP contribution in [0.3, 0.4) is 0 Å². The van der Waals surface area contributed by atoms with E-state index in [4.69, 9.17) is 22.1 Å². The van der Waals surface area contributed by atoms with Crippen molar-refractivity contribution in [1.82, 2.24) is 14.8 Å². The van der Waals surface area contributed by atoms with Gasteiger partial charge in [0.1, 0.15) is 26.8 Å². The lowest BCUT2D eigenvalue weighted by Gasteiger charge is -2.12. The van der Waals surface area contributed by atoms with Gasteiger partial charge in [-0.15, -0.1) is 11.3 Å². The lowest BCUT2D eigenvalue weighted by molar-refractivity contribution is 0.100. The Morgan fingerprint density at radius 2 is 2.06 bits per heavy atom. The Kier molecular flexibility index (Phi) is 6.25. The molecular formula is C21H16ClF2N5O3S. The number of anilines is 1. The summed E-state index contributed by atoms with van der Waals surface area (Å²) in [5.41, 5.74) is 5.71. The molecule has 12 heteroatoms. The zero-order valence-corrected chi connectivity index (χ0v) is 18.6. The summed E-state index contributed by atoms with van der Waals surface area (Å²) < 4.78 is 33.2. The highest BCUT2D eigenvalue weighted by molar-refractivity contribution is 7.21. The van der Waals surface area contributed by atoms with Crippen molar-refractivity contribution in [3.8, 4) is 5.75 Å². The van der Waals surface area contributed by atoms with Crippen molar-refractivity contribution in [2.75, 3.05) is 5.32 Å². The summed E-state index contributed by atoms with van der Waals surface area (Å²) in [4.78, 5) is 29.1. The average Bonchev–Trinajstić information content (AvgIpc) is 3.38. The number of fused-ring (bicyclic) bond motifs is 1. The second-order valence-electron chi connectivity index (χ2n) is 6.89. The van der Waals surface area contributed by atoms with E-state index in [1.54, 1.807) is 31.2 Å². The summed E-state index contributed by atoms with van der Waals surface area (Å²) in [6.45, 7) is 1.48. The highest BCUT2D eigenvalue weighted by Gasteiger charge is 2.24. The molecule has 0 spiro atoms. The molecule has 0 bridgehead atoms. The molecule has 33 heavy (non-hydrogen) atoms. The number of aryl methyl sites for hydroxylation is 1. The number of nitrogens with two attached hydrogens (primary N) is 1. The van der Waals surface area contributed by atoms with Crippen LogP contribution in [-0.2, 0) is 6.73 Å². The van der Waals surface area contributed by atoms with Crippen LogP contribution < -0.4 is 15.8 Å². The number of aromatic nitrogens is 3. The van der Waals surface area contributed by atoms with Crippen LogP contribution in [0.2, 0.25) is 5.02 Å². The van der Waals surface area contributed by atoms with E-state index in [9.17, 15) is 18.4 Å². The van der Waals surface area contributed by atoms with Crippen molar-refractivity contribution in [2.24, 2.45) is 5.73 Å². The number of pyridine rings is 1. The number of ether oxygens (including phenoxy) is 1. The fourth-order valence-corrected chi connectivity index (χ4v) is 4.47. The largest absolute Gasteiger partial charge is 0.470 e. The number of hydrogen-bond acceptors (Lipinski definition) is 6. The molecule has 0 fully saturated rings. The molecule has 0 aliphatic rings. The molecule has 3 aromatic heterocycles. The van der Waals surface area contributed by atoms with Crippen molar-refractivity contribution in [3.05, 3.63) is 69.4 Å². The van der Waals surface area contributed by atoms with E-state index in [1.165, 1.54) is 23.0 Å². The summed E-state index contributed by atoms with van der Waals surface area (Å²) in [7, 11) is 0. The molecule has 2 amide bonds. The molecule has 8 nitrogen and oxygen atoms in total. The lowest BCUT2D eigenvalue weighted by atomic mass is 10.1. The molecule has 0 saturated heterocycles. The van der Waals surface area contributed by atoms with Gasteiger partial charge in [0.15, 0.2) is 6.73 Å². The van der Waals surface area contributed by atoms with E-state index in [2.05, 4.69) is 15.4 Å². The highest BCUT2D eigenvalue weighted by Crippen LogP contribution is 2.38. The van der Waals surface area contributed by atoms with Gasteiger partial charge in [0.2, 0.25) is 0 Å². The first-order valence-corrected chi connectivity index (χ1v) is 10.7. The molecule has 0 atom stereocenters. The van der Waals surface area contributed by atoms with Gasteiger partial charge in [0.05, 0.1) is 10.7 Å². The first kappa shape index (κ1) is 22.6. The third-order valence-corrected chi connectivity index (χ3v) is 6.10. The van der Waals surface area contributed by atoms with Crippen LogP contribution >= 0.6 is 22.9 Å². The summed E-state index contributed by atoms with van der Waals surface area (Å²) in [5.74, 6) is -1.01. The topological polar surface area (TPSA) is 112 Å². The second-order valence-corrected chi connectivity index (χ2v) is 8.30. The number of amides is 2. The molecule has 4 rings (SSSR count). The number of rotatable bonds is 7. The standard InChI is InChI=1S/C21H16ClF2N5O3S/c1-10-8-12(18(23)24)27-21-15(10)16(17(33-21)19(25)30)28-20(31)13-6-7-26-29(13)9-32-14-5-3-2-4-11(14)22/h2-8,18H,9H2,1H3,(H2,25,30)(H,28,31). The summed E-state index contributed by atoms with van der Waals surface area (Å²) in [6, 6.07) is 9.51. The summed E-state index contributed by atoms with van der Waals surface area (Å²) in [5, 5.41) is 7.51. The number of halogens is 3. The van der Waals surface area contributed by atoms with Crippen LogP contribution in [0.25, 0.3) is 10.2 Å². The van der Waals surface area contributed by atoms with Gasteiger partial charge in [0.25, 0.3) is 18.2 Å². The number of nitrogens with zero attached hydrogens (tertiary/aromatic N) is 3. The first-order chi connectivity index (χ1) is 15.8. The van der Waals surface area contributed by atoms with Crippen molar-refractivity contribution in [1.29, 1.82) is 0 Å². The fraction of sp³-hybridized carbons (Fsp3) is 0.143. The summed E-state index contributed by atoms with van der Waals surface area (Å²) in [6.07, 6.45) is -1.37. The lowest BCUT2D eigenvalue weighted by Crippen LogP contribution is -2.21. The zero-order valence-electron chi connectivity index (χ0n) is 17.0. The number of nitrogens with one attached hydrogen (secondary N) is 1. The van der Waals surface area contributed by atoms with Crippen LogP contribution in [0, 0.1) is 6.92 Å². The van der Waals surface area contributed by atoms with Gasteiger partial charge >= 0.3 is 0 Å². The molecule has 1 aromatic carbocycles. The van der Waals surface area contributed by atoms with Crippen LogP contribution in [0.4, 0.5) is 14.5 Å². The molecule has 3 N–H and O–H groups in total. The summed E-state index contributed by atoms with van der Waals surface area (Å²) >= 11 is 6.91. The number of carbonyl (C=O) groups excluding carboxylic acids is 2. The van der Waals surface area contributed by atoms with Gasteiger partial charge in [-0.1, -0.05) is 23.7 Å². The molecule has 170 valence electrons. The van der Waals surface area contributed by atoms with Crippen LogP contribution in [0.15, 0.2) is 42.6 Å². The van der Waals surface area contributed by atoms with E-state index >= 15 is 0 Å². The van der Waals surface area contributed by atoms with Gasteiger partial charge in [-0.3, -0.25) is 9.59 Å². The number of para-hydroxylation sites is 1. The Morgan fingerprint density at radius 1 is 1.30 bits per heavy atom. The number of carbonyl (C=O) groups is 2. The Balaban J connectivity index is 1.65. The number of alkyl halides is 2. The van der Waals surface area contributed by atoms with Crippen LogP contribution in [0.5, 0.6) is 5.75 Å². The van der Waals surface area contributed by atoms with Crippen molar-refractivity contribution >= 4 is 50.7 Å². The molecule has 4 aromatic rings. The predicted octanol–water partition coefficient (Wildman–Crippen LogP) is 4.78. The molecule has 0 radical (unpaired) electrons. The maximum Gasteiger partial charge on any atom is 0.280 e. The zero-order chi connectivity index (χ0) is 23.7. The molecule has 0 aliphatic heterocycles. The normalized spacial score (nSPS) is 11.2. The van der Waals surface area contributed by atoms with E-state index in [0.29, 0.717) is 21.7 Å². The van der Waals surface area contributed by atoms with E-state index in [1.807, 2.05) is 0 Å². The average molecular weight is 492 g/mol. The fourth-order valence-electron chi connectivity index (χ4n) is 3.21. The molecular weight excluding hydrogens is 476 g/mol. The van der Waals surface area contributed by atoms with Gasteiger partial charge in [-0.25, -0.2) is 18.4 Å². The highest BCUT2D eigenvalue weighted by atomic mass is 35.5. The van der Waals surface area contributed by atoms with E-state index < -0.39 is 23.9 Å².